The molecule has 0 aliphatic carbocycles. The number of ether oxygens (including phenoxy) is 1. The zero-order valence-corrected chi connectivity index (χ0v) is 10.3. The smallest absolute Gasteiger partial charge is 0.271 e. The summed E-state index contributed by atoms with van der Waals surface area (Å²) in [6, 6.07) is 0. The molecule has 1 aromatic heterocycles. The van der Waals surface area contributed by atoms with Gasteiger partial charge in [-0.25, -0.2) is 4.98 Å². The highest BCUT2D eigenvalue weighted by Crippen LogP contribution is 2.20. The first-order chi connectivity index (χ1) is 8.09. The molecule has 2 rings (SSSR count). The van der Waals surface area contributed by atoms with Crippen molar-refractivity contribution in [1.82, 2.24) is 15.3 Å². The Hall–Kier alpha value is -1.20. The number of hydrogen-bond acceptors (Lipinski definition) is 4. The molecule has 1 fully saturated rings. The van der Waals surface area contributed by atoms with E-state index in [9.17, 15) is 4.79 Å². The van der Waals surface area contributed by atoms with E-state index in [2.05, 4.69) is 15.3 Å². The van der Waals surface area contributed by atoms with Crippen LogP contribution in [0.4, 0.5) is 0 Å². The van der Waals surface area contributed by atoms with Gasteiger partial charge in [0.05, 0.1) is 12.4 Å². The number of nitrogens with one attached hydrogen (secondary N) is 1. The molecule has 1 N–H and O–H groups in total. The van der Waals surface area contributed by atoms with Crippen LogP contribution >= 0.6 is 11.6 Å². The summed E-state index contributed by atoms with van der Waals surface area (Å²) >= 11 is 5.69. The predicted molar refractivity (Wildman–Crippen MR) is 63.0 cm³/mol. The van der Waals surface area contributed by atoms with Crippen LogP contribution in [0.1, 0.15) is 30.3 Å². The van der Waals surface area contributed by atoms with Crippen molar-refractivity contribution in [2.24, 2.45) is 0 Å². The zero-order chi connectivity index (χ0) is 12.3. The number of aromatic nitrogens is 2. The van der Waals surface area contributed by atoms with Crippen LogP contribution < -0.4 is 5.32 Å². The normalized spacial score (nSPS) is 18.7. The first-order valence-electron chi connectivity index (χ1n) is 5.47. The Morgan fingerprint density at radius 3 is 2.82 bits per heavy atom. The van der Waals surface area contributed by atoms with Crippen LogP contribution in [0.2, 0.25) is 5.15 Å². The van der Waals surface area contributed by atoms with Gasteiger partial charge in [0.25, 0.3) is 5.91 Å². The Morgan fingerprint density at radius 2 is 2.18 bits per heavy atom. The number of hydrogen-bond donors (Lipinski definition) is 1. The molecule has 0 spiro atoms. The fraction of sp³-hybridized carbons (Fsp3) is 0.545. The highest BCUT2D eigenvalue weighted by Gasteiger charge is 2.29. The summed E-state index contributed by atoms with van der Waals surface area (Å²) in [6.45, 7) is 3.33. The molecule has 0 aromatic carbocycles. The van der Waals surface area contributed by atoms with Crippen LogP contribution in [0.15, 0.2) is 12.4 Å². The molecular weight excluding hydrogens is 242 g/mol. The third kappa shape index (κ3) is 3.14. The molecule has 92 valence electrons. The van der Waals surface area contributed by atoms with Crippen molar-refractivity contribution in [2.45, 2.75) is 25.3 Å². The molecule has 2 heterocycles. The number of carbonyl (C=O) groups is 1. The first kappa shape index (κ1) is 12.3. The standard InChI is InChI=1S/C11H14ClN3O2/c1-11(2-4-17-5-3-11)15-10(16)8-6-13-7-9(12)14-8/h6-7H,2-5H2,1H3,(H,15,16). The third-order valence-corrected chi connectivity index (χ3v) is 3.03. The molecule has 5 nitrogen and oxygen atoms in total. The van der Waals surface area contributed by atoms with Gasteiger partial charge >= 0.3 is 0 Å². The van der Waals surface area contributed by atoms with Crippen LogP contribution in [-0.4, -0.2) is 34.6 Å². The molecule has 0 atom stereocenters. The number of carbonyl (C=O) groups excluding carboxylic acids is 1. The molecule has 1 aliphatic heterocycles. The quantitative estimate of drug-likeness (QED) is 0.868. The van der Waals surface area contributed by atoms with E-state index in [1.807, 2.05) is 6.92 Å². The van der Waals surface area contributed by atoms with Crippen LogP contribution in [-0.2, 0) is 4.74 Å². The second-order valence-electron chi connectivity index (χ2n) is 4.35. The fourth-order valence-corrected chi connectivity index (χ4v) is 1.88. The summed E-state index contributed by atoms with van der Waals surface area (Å²) in [5, 5.41) is 3.18. The second-order valence-corrected chi connectivity index (χ2v) is 4.74. The Labute approximate surface area is 105 Å². The van der Waals surface area contributed by atoms with E-state index >= 15 is 0 Å². The van der Waals surface area contributed by atoms with Crippen molar-refractivity contribution in [1.29, 1.82) is 0 Å². The van der Waals surface area contributed by atoms with Crippen molar-refractivity contribution in [3.8, 4) is 0 Å². The Bertz CT molecular complexity index is 419. The number of halogens is 1. The first-order valence-corrected chi connectivity index (χ1v) is 5.85. The maximum atomic E-state index is 12.0. The van der Waals surface area contributed by atoms with E-state index in [0.717, 1.165) is 12.8 Å². The minimum absolute atomic E-state index is 0.217. The van der Waals surface area contributed by atoms with Gasteiger partial charge in [0.15, 0.2) is 0 Å². The van der Waals surface area contributed by atoms with E-state index in [0.29, 0.717) is 13.2 Å². The van der Waals surface area contributed by atoms with Gasteiger partial charge in [-0.3, -0.25) is 9.78 Å². The van der Waals surface area contributed by atoms with Crippen LogP contribution in [0, 0.1) is 0 Å². The fourth-order valence-electron chi connectivity index (χ4n) is 1.74. The van der Waals surface area contributed by atoms with Gasteiger partial charge in [0.1, 0.15) is 10.8 Å². The largest absolute Gasteiger partial charge is 0.381 e. The Kier molecular flexibility index (Phi) is 3.59. The zero-order valence-electron chi connectivity index (χ0n) is 9.57. The molecule has 1 aliphatic rings. The van der Waals surface area contributed by atoms with E-state index in [1.165, 1.54) is 12.4 Å². The summed E-state index contributed by atoms with van der Waals surface area (Å²) in [5.74, 6) is -0.246. The highest BCUT2D eigenvalue weighted by atomic mass is 35.5. The molecule has 0 saturated carbocycles. The molecule has 0 unspecified atom stereocenters. The lowest BCUT2D eigenvalue weighted by Crippen LogP contribution is -2.49. The SMILES string of the molecule is CC1(NC(=O)c2cncc(Cl)n2)CCOCC1. The average molecular weight is 256 g/mol. The van der Waals surface area contributed by atoms with E-state index < -0.39 is 0 Å². The maximum Gasteiger partial charge on any atom is 0.271 e. The van der Waals surface area contributed by atoms with Gasteiger partial charge in [-0.15, -0.1) is 0 Å². The van der Waals surface area contributed by atoms with E-state index in [-0.39, 0.29) is 22.3 Å². The molecule has 1 aromatic rings. The molecule has 1 saturated heterocycles. The van der Waals surface area contributed by atoms with Gasteiger partial charge in [0, 0.05) is 18.8 Å². The van der Waals surface area contributed by atoms with E-state index in [4.69, 9.17) is 16.3 Å². The third-order valence-electron chi connectivity index (χ3n) is 2.85. The molecular formula is C11H14ClN3O2. The average Bonchev–Trinajstić information content (AvgIpc) is 2.29. The Balaban J connectivity index is 2.06. The van der Waals surface area contributed by atoms with Crippen molar-refractivity contribution >= 4 is 17.5 Å². The lowest BCUT2D eigenvalue weighted by molar-refractivity contribution is 0.0421. The van der Waals surface area contributed by atoms with Crippen molar-refractivity contribution in [3.05, 3.63) is 23.2 Å². The molecule has 0 bridgehead atoms. The maximum absolute atomic E-state index is 12.0. The topological polar surface area (TPSA) is 64.1 Å². The summed E-state index contributed by atoms with van der Waals surface area (Å²) in [5.41, 5.74) is 0.00417. The lowest BCUT2D eigenvalue weighted by atomic mass is 9.92. The second kappa shape index (κ2) is 4.98. The van der Waals surface area contributed by atoms with E-state index in [1.54, 1.807) is 0 Å². The summed E-state index contributed by atoms with van der Waals surface area (Å²) in [4.78, 5) is 19.7. The van der Waals surface area contributed by atoms with Gasteiger partial charge in [-0.05, 0) is 19.8 Å². The van der Waals surface area contributed by atoms with Crippen molar-refractivity contribution in [3.63, 3.8) is 0 Å². The minimum Gasteiger partial charge on any atom is -0.381 e. The van der Waals surface area contributed by atoms with Gasteiger partial charge < -0.3 is 10.1 Å². The monoisotopic (exact) mass is 255 g/mol. The predicted octanol–water partition coefficient (Wildman–Crippen LogP) is 1.43. The molecule has 1 amide bonds. The van der Waals surface area contributed by atoms with Gasteiger partial charge in [-0.2, -0.15) is 0 Å². The number of nitrogens with zero attached hydrogens (tertiary/aromatic N) is 2. The summed E-state index contributed by atoms with van der Waals surface area (Å²) in [6.07, 6.45) is 4.40. The van der Waals surface area contributed by atoms with Crippen LogP contribution in [0.5, 0.6) is 0 Å². The van der Waals surface area contributed by atoms with Gasteiger partial charge in [0.2, 0.25) is 0 Å². The van der Waals surface area contributed by atoms with Gasteiger partial charge in [-0.1, -0.05) is 11.6 Å². The molecule has 0 radical (unpaired) electrons. The minimum atomic E-state index is -0.246. The highest BCUT2D eigenvalue weighted by molar-refractivity contribution is 6.29. The summed E-state index contributed by atoms with van der Waals surface area (Å²) < 4.78 is 5.27. The van der Waals surface area contributed by atoms with Crippen molar-refractivity contribution in [2.75, 3.05) is 13.2 Å². The van der Waals surface area contributed by atoms with Crippen molar-refractivity contribution < 1.29 is 9.53 Å². The number of amides is 1. The van der Waals surface area contributed by atoms with Crippen LogP contribution in [0.3, 0.4) is 0 Å². The number of rotatable bonds is 2. The molecule has 17 heavy (non-hydrogen) atoms. The lowest BCUT2D eigenvalue weighted by Gasteiger charge is -2.34. The Morgan fingerprint density at radius 1 is 1.47 bits per heavy atom. The molecule has 6 heteroatoms. The van der Waals surface area contributed by atoms with Crippen LogP contribution in [0.25, 0.3) is 0 Å². The summed E-state index contributed by atoms with van der Waals surface area (Å²) in [7, 11) is 0.